The van der Waals surface area contributed by atoms with Gasteiger partial charge in [-0.1, -0.05) is 41.9 Å². The van der Waals surface area contributed by atoms with E-state index in [-0.39, 0.29) is 12.0 Å². The lowest BCUT2D eigenvalue weighted by molar-refractivity contribution is -0.151. The number of rotatable bonds is 5. The number of ether oxygens (including phenoxy) is 1. The first-order valence-electron chi connectivity index (χ1n) is 7.10. The van der Waals surface area contributed by atoms with Gasteiger partial charge in [0.2, 0.25) is 0 Å². The molecule has 0 spiro atoms. The predicted octanol–water partition coefficient (Wildman–Crippen LogP) is 4.69. The summed E-state index contributed by atoms with van der Waals surface area (Å²) in [7, 11) is 1.41. The summed E-state index contributed by atoms with van der Waals surface area (Å²) in [5.41, 5.74) is 1.19. The summed E-state index contributed by atoms with van der Waals surface area (Å²) < 4.78 is 4.97. The van der Waals surface area contributed by atoms with Crippen LogP contribution < -0.4 is 5.32 Å². The number of halogens is 1. The number of esters is 1. The number of hydrogen-bond acceptors (Lipinski definition) is 3. The first-order chi connectivity index (χ1) is 10.4. The summed E-state index contributed by atoms with van der Waals surface area (Å²) in [6.45, 7) is 3.75. The Hall–Kier alpha value is -2.00. The Morgan fingerprint density at radius 3 is 2.23 bits per heavy atom. The highest BCUT2D eigenvalue weighted by Crippen LogP contribution is 2.37. The van der Waals surface area contributed by atoms with Crippen LogP contribution in [0.2, 0.25) is 5.02 Å². The molecule has 0 aliphatic rings. The highest BCUT2D eigenvalue weighted by molar-refractivity contribution is 6.30. The van der Waals surface area contributed by atoms with Crippen LogP contribution in [-0.4, -0.2) is 13.1 Å². The molecule has 0 fully saturated rings. The van der Waals surface area contributed by atoms with Gasteiger partial charge in [-0.25, -0.2) is 0 Å². The lowest BCUT2D eigenvalue weighted by atomic mass is 9.80. The molecule has 4 heteroatoms. The Morgan fingerprint density at radius 2 is 1.68 bits per heavy atom. The molecular formula is C18H20ClNO2. The van der Waals surface area contributed by atoms with Crippen LogP contribution in [-0.2, 0) is 9.53 Å². The highest BCUT2D eigenvalue weighted by Gasteiger charge is 2.39. The maximum absolute atomic E-state index is 12.2. The Balaban J connectivity index is 2.38. The Kier molecular flexibility index (Phi) is 5.09. The molecule has 116 valence electrons. The average molecular weight is 318 g/mol. The van der Waals surface area contributed by atoms with Gasteiger partial charge in [-0.2, -0.15) is 0 Å². The fourth-order valence-corrected chi connectivity index (χ4v) is 2.55. The molecule has 2 aromatic carbocycles. The molecule has 0 heterocycles. The summed E-state index contributed by atoms with van der Waals surface area (Å²) in [4.78, 5) is 12.2. The van der Waals surface area contributed by atoms with Gasteiger partial charge in [-0.3, -0.25) is 4.79 Å². The zero-order chi connectivity index (χ0) is 16.2. The standard InChI is InChI=1S/C18H20ClNO2/c1-18(2,17(21)22-3)16(13-7-5-4-6-8-13)20-15-11-9-14(19)10-12-15/h4-12,16,20H,1-3H3. The molecule has 22 heavy (non-hydrogen) atoms. The van der Waals surface area contributed by atoms with Crippen LogP contribution in [0.1, 0.15) is 25.5 Å². The van der Waals surface area contributed by atoms with E-state index in [1.807, 2.05) is 68.4 Å². The van der Waals surface area contributed by atoms with Gasteiger partial charge in [0.1, 0.15) is 0 Å². The first kappa shape index (κ1) is 16.4. The molecule has 2 aromatic rings. The van der Waals surface area contributed by atoms with Gasteiger partial charge < -0.3 is 10.1 Å². The minimum atomic E-state index is -0.726. The third-order valence-corrected chi connectivity index (χ3v) is 3.97. The van der Waals surface area contributed by atoms with E-state index in [2.05, 4.69) is 5.32 Å². The first-order valence-corrected chi connectivity index (χ1v) is 7.48. The number of anilines is 1. The molecule has 2 rings (SSSR count). The number of benzene rings is 2. The zero-order valence-electron chi connectivity index (χ0n) is 13.0. The van der Waals surface area contributed by atoms with Crippen LogP contribution in [0.5, 0.6) is 0 Å². The fraction of sp³-hybridized carbons (Fsp3) is 0.278. The van der Waals surface area contributed by atoms with Gasteiger partial charge in [0.05, 0.1) is 18.6 Å². The third-order valence-electron chi connectivity index (χ3n) is 3.72. The van der Waals surface area contributed by atoms with Crippen molar-refractivity contribution in [3.05, 3.63) is 65.2 Å². The molecule has 3 nitrogen and oxygen atoms in total. The molecule has 0 saturated carbocycles. The number of nitrogens with one attached hydrogen (secondary N) is 1. The van der Waals surface area contributed by atoms with Crippen molar-refractivity contribution in [2.24, 2.45) is 5.41 Å². The summed E-state index contributed by atoms with van der Waals surface area (Å²) in [5.74, 6) is -0.261. The molecule has 1 unspecified atom stereocenters. The van der Waals surface area contributed by atoms with Gasteiger partial charge in [0, 0.05) is 10.7 Å². The van der Waals surface area contributed by atoms with E-state index in [0.717, 1.165) is 11.3 Å². The predicted molar refractivity (Wildman–Crippen MR) is 90.1 cm³/mol. The van der Waals surface area contributed by atoms with Crippen molar-refractivity contribution in [3.63, 3.8) is 0 Å². The van der Waals surface area contributed by atoms with Crippen LogP contribution in [0, 0.1) is 5.41 Å². The largest absolute Gasteiger partial charge is 0.469 e. The molecule has 0 radical (unpaired) electrons. The second-order valence-corrected chi connectivity index (χ2v) is 6.14. The summed E-state index contributed by atoms with van der Waals surface area (Å²) >= 11 is 5.93. The van der Waals surface area contributed by atoms with Crippen molar-refractivity contribution < 1.29 is 9.53 Å². The van der Waals surface area contributed by atoms with Crippen molar-refractivity contribution in [2.45, 2.75) is 19.9 Å². The van der Waals surface area contributed by atoms with Crippen molar-refractivity contribution >= 4 is 23.3 Å². The molecule has 0 bridgehead atoms. The summed E-state index contributed by atoms with van der Waals surface area (Å²) in [5, 5.41) is 4.09. The van der Waals surface area contributed by atoms with E-state index < -0.39 is 5.41 Å². The molecule has 1 N–H and O–H groups in total. The second kappa shape index (κ2) is 6.84. The second-order valence-electron chi connectivity index (χ2n) is 5.71. The van der Waals surface area contributed by atoms with Gasteiger partial charge in [0.25, 0.3) is 0 Å². The van der Waals surface area contributed by atoms with Crippen molar-refractivity contribution in [2.75, 3.05) is 12.4 Å². The Morgan fingerprint density at radius 1 is 1.09 bits per heavy atom. The monoisotopic (exact) mass is 317 g/mol. The van der Waals surface area contributed by atoms with Crippen molar-refractivity contribution in [1.82, 2.24) is 0 Å². The number of carbonyl (C=O) groups excluding carboxylic acids is 1. The number of hydrogen-bond donors (Lipinski definition) is 1. The number of carbonyl (C=O) groups is 1. The molecule has 0 aliphatic carbocycles. The van der Waals surface area contributed by atoms with E-state index >= 15 is 0 Å². The average Bonchev–Trinajstić information content (AvgIpc) is 2.54. The maximum atomic E-state index is 12.2. The lowest BCUT2D eigenvalue weighted by Crippen LogP contribution is -2.36. The van der Waals surface area contributed by atoms with E-state index in [4.69, 9.17) is 16.3 Å². The molecular weight excluding hydrogens is 298 g/mol. The zero-order valence-corrected chi connectivity index (χ0v) is 13.7. The Bertz CT molecular complexity index is 623. The van der Waals surface area contributed by atoms with Crippen molar-refractivity contribution in [3.8, 4) is 0 Å². The van der Waals surface area contributed by atoms with Gasteiger partial charge in [0.15, 0.2) is 0 Å². The molecule has 0 aliphatic heterocycles. The lowest BCUT2D eigenvalue weighted by Gasteiger charge is -2.33. The van der Waals surface area contributed by atoms with Crippen LogP contribution >= 0.6 is 11.6 Å². The Labute approximate surface area is 136 Å². The minimum Gasteiger partial charge on any atom is -0.469 e. The minimum absolute atomic E-state index is 0.220. The molecule has 0 aromatic heterocycles. The normalized spacial score (nSPS) is 12.5. The number of methoxy groups -OCH3 is 1. The summed E-state index contributed by atoms with van der Waals surface area (Å²) in [6, 6.07) is 17.1. The van der Waals surface area contributed by atoms with Gasteiger partial charge in [-0.05, 0) is 43.7 Å². The molecule has 0 saturated heterocycles. The van der Waals surface area contributed by atoms with Crippen LogP contribution in [0.3, 0.4) is 0 Å². The smallest absolute Gasteiger partial charge is 0.313 e. The SMILES string of the molecule is COC(=O)C(C)(C)C(Nc1ccc(Cl)cc1)c1ccccc1. The van der Waals surface area contributed by atoms with E-state index in [1.165, 1.54) is 7.11 Å². The van der Waals surface area contributed by atoms with E-state index in [1.54, 1.807) is 0 Å². The van der Waals surface area contributed by atoms with Gasteiger partial charge in [-0.15, -0.1) is 0 Å². The molecule has 0 amide bonds. The topological polar surface area (TPSA) is 38.3 Å². The quantitative estimate of drug-likeness (QED) is 0.813. The maximum Gasteiger partial charge on any atom is 0.313 e. The fourth-order valence-electron chi connectivity index (χ4n) is 2.42. The van der Waals surface area contributed by atoms with Crippen molar-refractivity contribution in [1.29, 1.82) is 0 Å². The van der Waals surface area contributed by atoms with Gasteiger partial charge >= 0.3 is 5.97 Å². The van der Waals surface area contributed by atoms with Crippen LogP contribution in [0.4, 0.5) is 5.69 Å². The van der Waals surface area contributed by atoms with Crippen LogP contribution in [0.15, 0.2) is 54.6 Å². The van der Waals surface area contributed by atoms with Crippen LogP contribution in [0.25, 0.3) is 0 Å². The van der Waals surface area contributed by atoms with E-state index in [9.17, 15) is 4.79 Å². The third kappa shape index (κ3) is 3.60. The summed E-state index contributed by atoms with van der Waals surface area (Å²) in [6.07, 6.45) is 0. The molecule has 1 atom stereocenters. The van der Waals surface area contributed by atoms with E-state index in [0.29, 0.717) is 5.02 Å². The highest BCUT2D eigenvalue weighted by atomic mass is 35.5.